The highest BCUT2D eigenvalue weighted by Crippen LogP contribution is 2.41. The first kappa shape index (κ1) is 25.4. The number of hydrogen-bond donors (Lipinski definition) is 3. The minimum absolute atomic E-state index is 0.0941. The molecule has 0 spiro atoms. The van der Waals surface area contributed by atoms with Crippen molar-refractivity contribution in [3.8, 4) is 0 Å². The third-order valence-corrected chi connectivity index (χ3v) is 7.02. The molecule has 1 saturated heterocycles. The number of amides is 2. The van der Waals surface area contributed by atoms with Crippen molar-refractivity contribution in [1.82, 2.24) is 25.2 Å². The third-order valence-electron chi connectivity index (χ3n) is 6.69. The van der Waals surface area contributed by atoms with Crippen molar-refractivity contribution in [3.63, 3.8) is 0 Å². The average Bonchev–Trinajstić information content (AvgIpc) is 3.15. The lowest BCUT2D eigenvalue weighted by Crippen LogP contribution is -2.47. The Morgan fingerprint density at radius 2 is 2.03 bits per heavy atom. The molecule has 3 N–H and O–H groups in total. The molecule has 1 aliphatic heterocycles. The number of nitrogens with zero attached hydrogens (tertiary/aromatic N) is 3. The summed E-state index contributed by atoms with van der Waals surface area (Å²) in [6.45, 7) is -0.477. The minimum Gasteiger partial charge on any atom is -0.465 e. The van der Waals surface area contributed by atoms with Crippen molar-refractivity contribution in [3.05, 3.63) is 28.7 Å². The van der Waals surface area contributed by atoms with E-state index in [1.807, 2.05) is 0 Å². The fraction of sp³-hybridized carbons (Fsp3) is 0.619. The van der Waals surface area contributed by atoms with E-state index in [1.165, 1.54) is 16.8 Å². The van der Waals surface area contributed by atoms with Crippen LogP contribution in [0.5, 0.6) is 0 Å². The van der Waals surface area contributed by atoms with Crippen LogP contribution in [0.4, 0.5) is 26.7 Å². The molecular formula is C21H23ClF5N5O3. The van der Waals surface area contributed by atoms with E-state index in [1.54, 1.807) is 0 Å². The van der Waals surface area contributed by atoms with Gasteiger partial charge in [-0.3, -0.25) is 4.79 Å². The third kappa shape index (κ3) is 5.76. The molecule has 35 heavy (non-hydrogen) atoms. The molecule has 0 radical (unpaired) electrons. The molecule has 3 heterocycles. The largest absolute Gasteiger partial charge is 0.465 e. The lowest BCUT2D eigenvalue weighted by Gasteiger charge is -2.32. The quantitative estimate of drug-likeness (QED) is 0.504. The van der Waals surface area contributed by atoms with Crippen LogP contribution in [0.25, 0.3) is 5.65 Å². The van der Waals surface area contributed by atoms with Gasteiger partial charge in [-0.1, -0.05) is 11.6 Å². The van der Waals surface area contributed by atoms with Crippen molar-refractivity contribution in [2.24, 2.45) is 17.8 Å². The van der Waals surface area contributed by atoms with Gasteiger partial charge in [-0.15, -0.1) is 0 Å². The van der Waals surface area contributed by atoms with E-state index in [4.69, 9.17) is 11.6 Å². The summed E-state index contributed by atoms with van der Waals surface area (Å²) in [6, 6.07) is 0.562. The van der Waals surface area contributed by atoms with Gasteiger partial charge in [-0.25, -0.2) is 23.1 Å². The van der Waals surface area contributed by atoms with E-state index >= 15 is 0 Å². The Morgan fingerprint density at radius 1 is 1.34 bits per heavy atom. The lowest BCUT2D eigenvalue weighted by atomic mass is 9.81. The van der Waals surface area contributed by atoms with E-state index in [-0.39, 0.29) is 54.2 Å². The van der Waals surface area contributed by atoms with E-state index in [0.29, 0.717) is 0 Å². The first-order chi connectivity index (χ1) is 16.3. The summed E-state index contributed by atoms with van der Waals surface area (Å²) in [5.41, 5.74) is 0.690. The number of piperidine rings is 1. The van der Waals surface area contributed by atoms with Gasteiger partial charge < -0.3 is 15.7 Å². The molecule has 2 fully saturated rings. The number of carboxylic acid groups (broad SMARTS) is 1. The number of aromatic nitrogens is 3. The second-order valence-electron chi connectivity index (χ2n) is 9.15. The van der Waals surface area contributed by atoms with E-state index in [2.05, 4.69) is 20.7 Å². The fourth-order valence-electron chi connectivity index (χ4n) is 4.77. The van der Waals surface area contributed by atoms with Crippen molar-refractivity contribution in [2.45, 2.75) is 56.7 Å². The van der Waals surface area contributed by atoms with Crippen LogP contribution >= 0.6 is 11.6 Å². The Bertz CT molecular complexity index is 1110. The Labute approximate surface area is 201 Å². The van der Waals surface area contributed by atoms with Crippen LogP contribution in [0.15, 0.2) is 12.3 Å². The molecule has 192 valence electrons. The van der Waals surface area contributed by atoms with Gasteiger partial charge in [0.2, 0.25) is 11.8 Å². The average molecular weight is 524 g/mol. The normalized spacial score (nSPS) is 24.2. The number of alkyl halides is 5. The molecule has 2 aromatic heterocycles. The summed E-state index contributed by atoms with van der Waals surface area (Å²) < 4.78 is 67.9. The highest BCUT2D eigenvalue weighted by atomic mass is 35.5. The van der Waals surface area contributed by atoms with E-state index in [9.17, 15) is 36.6 Å². The molecule has 1 saturated carbocycles. The number of fused-ring (bicyclic) bond motifs is 1. The molecular weight excluding hydrogens is 501 g/mol. The second-order valence-corrected chi connectivity index (χ2v) is 9.56. The molecule has 1 aliphatic carbocycles. The summed E-state index contributed by atoms with van der Waals surface area (Å²) in [5.74, 6) is -6.36. The fourth-order valence-corrected chi connectivity index (χ4v) is 4.98. The van der Waals surface area contributed by atoms with E-state index < -0.39 is 60.9 Å². The maximum Gasteiger partial charge on any atom is 0.405 e. The number of carbonyl (C=O) groups is 2. The Kier molecular flexibility index (Phi) is 6.82. The van der Waals surface area contributed by atoms with Crippen molar-refractivity contribution in [1.29, 1.82) is 0 Å². The number of halogens is 6. The Hall–Kier alpha value is -2.70. The summed E-state index contributed by atoms with van der Waals surface area (Å²) in [5, 5.41) is 18.3. The first-order valence-corrected chi connectivity index (χ1v) is 11.5. The van der Waals surface area contributed by atoms with Crippen LogP contribution in [0.3, 0.4) is 0 Å². The van der Waals surface area contributed by atoms with Gasteiger partial charge in [0.05, 0.1) is 34.6 Å². The smallest absolute Gasteiger partial charge is 0.405 e. The number of nitrogens with one attached hydrogen (secondary N) is 2. The van der Waals surface area contributed by atoms with Crippen LogP contribution in [-0.2, 0) is 11.2 Å². The Morgan fingerprint density at radius 3 is 2.66 bits per heavy atom. The monoisotopic (exact) mass is 523 g/mol. The first-order valence-electron chi connectivity index (χ1n) is 11.1. The zero-order valence-electron chi connectivity index (χ0n) is 18.3. The maximum absolute atomic E-state index is 13.6. The summed E-state index contributed by atoms with van der Waals surface area (Å²) in [7, 11) is 0. The summed E-state index contributed by atoms with van der Waals surface area (Å²) in [6.07, 6.45) is -5.39. The van der Waals surface area contributed by atoms with Crippen molar-refractivity contribution >= 4 is 29.2 Å². The van der Waals surface area contributed by atoms with Crippen LogP contribution in [-0.4, -0.2) is 50.3 Å². The molecule has 3 atom stereocenters. The van der Waals surface area contributed by atoms with Crippen LogP contribution in [0, 0.1) is 17.8 Å². The molecule has 4 rings (SSSR count). The molecule has 0 bridgehead atoms. The Balaban J connectivity index is 1.58. The molecule has 2 aromatic rings. The zero-order valence-corrected chi connectivity index (χ0v) is 19.0. The van der Waals surface area contributed by atoms with Crippen LogP contribution in [0.2, 0.25) is 5.02 Å². The summed E-state index contributed by atoms with van der Waals surface area (Å²) in [4.78, 5) is 27.9. The van der Waals surface area contributed by atoms with Gasteiger partial charge in [0.1, 0.15) is 0 Å². The predicted molar refractivity (Wildman–Crippen MR) is 113 cm³/mol. The van der Waals surface area contributed by atoms with Crippen molar-refractivity contribution in [2.75, 3.05) is 6.54 Å². The van der Waals surface area contributed by atoms with E-state index in [0.717, 1.165) is 0 Å². The van der Waals surface area contributed by atoms with Gasteiger partial charge in [0.25, 0.3) is 0 Å². The van der Waals surface area contributed by atoms with Gasteiger partial charge in [-0.05, 0) is 25.2 Å². The SMILES string of the molecule is O=C(O)N[C@H](c1cn2nc(CC3C[C@H](C(F)(F)F)CNC3=O)c(Cl)cc2n1)C1CCC(F)(F)CC1. The van der Waals surface area contributed by atoms with Crippen LogP contribution in [0.1, 0.15) is 49.5 Å². The maximum atomic E-state index is 13.6. The number of carbonyl (C=O) groups excluding carboxylic acids is 1. The predicted octanol–water partition coefficient (Wildman–Crippen LogP) is 4.37. The number of hydrogen-bond acceptors (Lipinski definition) is 4. The molecule has 8 nitrogen and oxygen atoms in total. The summed E-state index contributed by atoms with van der Waals surface area (Å²) >= 11 is 6.29. The van der Waals surface area contributed by atoms with Crippen LogP contribution < -0.4 is 10.6 Å². The molecule has 1 unspecified atom stereocenters. The number of rotatable bonds is 5. The standard InChI is InChI=1S/C21H23ClF5N5O3/c22-13-7-16-29-15(17(30-19(34)35)10-1-3-20(23,24)4-2-10)9-32(16)31-14(13)6-11-5-12(21(25,26)27)8-28-18(11)33/h7,9-12,17,30H,1-6,8H2,(H,28,33)(H,34,35)/t11?,12-,17-/m0/s1. The van der Waals surface area contributed by atoms with Gasteiger partial charge >= 0.3 is 12.3 Å². The van der Waals surface area contributed by atoms with Gasteiger partial charge in [-0.2, -0.15) is 18.3 Å². The molecule has 2 aliphatic rings. The molecule has 14 heteroatoms. The topological polar surface area (TPSA) is 109 Å². The molecule has 0 aromatic carbocycles. The number of imidazole rings is 1. The molecule has 2 amide bonds. The van der Waals surface area contributed by atoms with Gasteiger partial charge in [0.15, 0.2) is 5.65 Å². The highest BCUT2D eigenvalue weighted by molar-refractivity contribution is 6.31. The second kappa shape index (κ2) is 9.40. The highest BCUT2D eigenvalue weighted by Gasteiger charge is 2.45. The minimum atomic E-state index is -4.44. The lowest BCUT2D eigenvalue weighted by molar-refractivity contribution is -0.183. The zero-order chi connectivity index (χ0) is 25.5. The van der Waals surface area contributed by atoms with Gasteiger partial charge in [0, 0.05) is 37.8 Å². The van der Waals surface area contributed by atoms with Crippen molar-refractivity contribution < 1.29 is 36.6 Å².